The van der Waals surface area contributed by atoms with E-state index < -0.39 is 0 Å². The van der Waals surface area contributed by atoms with Crippen molar-refractivity contribution in [2.75, 3.05) is 5.73 Å². The Bertz CT molecular complexity index is 963. The van der Waals surface area contributed by atoms with E-state index in [0.717, 1.165) is 33.1 Å². The minimum atomic E-state index is 0.680. The van der Waals surface area contributed by atoms with Gasteiger partial charge in [0.05, 0.1) is 16.6 Å². The van der Waals surface area contributed by atoms with Crippen molar-refractivity contribution in [1.82, 2.24) is 15.0 Å². The number of nitrogens with two attached hydrogens (primary N) is 1. The summed E-state index contributed by atoms with van der Waals surface area (Å²) in [7, 11) is 0. The predicted octanol–water partition coefficient (Wildman–Crippen LogP) is 3.43. The van der Waals surface area contributed by atoms with Gasteiger partial charge in [0, 0.05) is 35.2 Å². The van der Waals surface area contributed by atoms with E-state index in [1.165, 1.54) is 0 Å². The highest BCUT2D eigenvalue weighted by Gasteiger charge is 2.08. The minimum Gasteiger partial charge on any atom is -0.399 e. The molecule has 0 atom stereocenters. The van der Waals surface area contributed by atoms with E-state index in [4.69, 9.17) is 5.73 Å². The molecule has 0 unspecified atom stereocenters. The molecule has 4 nitrogen and oxygen atoms in total. The van der Waals surface area contributed by atoms with E-state index in [1.807, 2.05) is 24.3 Å². The van der Waals surface area contributed by atoms with Crippen LogP contribution in [0.15, 0.2) is 61.1 Å². The number of hydrogen-bond donors (Lipinski definition) is 1. The molecule has 0 fully saturated rings. The highest BCUT2D eigenvalue weighted by atomic mass is 14.8. The molecule has 0 aliphatic rings. The van der Waals surface area contributed by atoms with Crippen molar-refractivity contribution in [3.63, 3.8) is 0 Å². The standard InChI is InChI=1S/C17H12N4/c18-13-9-14(17-16(10-13)20-6-7-21-17)12-4-3-11-2-1-5-19-15(11)8-12/h1-10H,18H2. The number of nitrogens with zero attached hydrogens (tertiary/aromatic N) is 3. The molecule has 0 saturated carbocycles. The molecule has 0 amide bonds. The molecule has 0 bridgehead atoms. The Kier molecular flexibility index (Phi) is 2.54. The summed E-state index contributed by atoms with van der Waals surface area (Å²) in [5, 5.41) is 1.11. The smallest absolute Gasteiger partial charge is 0.0966 e. The largest absolute Gasteiger partial charge is 0.399 e. The lowest BCUT2D eigenvalue weighted by atomic mass is 10.0. The maximum atomic E-state index is 5.99. The number of rotatable bonds is 1. The van der Waals surface area contributed by atoms with E-state index in [9.17, 15) is 0 Å². The van der Waals surface area contributed by atoms with Crippen LogP contribution in [0.2, 0.25) is 0 Å². The van der Waals surface area contributed by atoms with Crippen LogP contribution < -0.4 is 5.73 Å². The summed E-state index contributed by atoms with van der Waals surface area (Å²) in [5.41, 5.74) is 11.3. The van der Waals surface area contributed by atoms with Crippen LogP contribution in [0.1, 0.15) is 0 Å². The summed E-state index contributed by atoms with van der Waals surface area (Å²) in [4.78, 5) is 13.2. The number of anilines is 1. The van der Waals surface area contributed by atoms with Crippen molar-refractivity contribution in [1.29, 1.82) is 0 Å². The molecule has 0 aliphatic heterocycles. The maximum Gasteiger partial charge on any atom is 0.0966 e. The topological polar surface area (TPSA) is 64.7 Å². The zero-order valence-corrected chi connectivity index (χ0v) is 11.2. The SMILES string of the molecule is Nc1cc(-c2ccc3cccnc3c2)c2nccnc2c1. The summed E-state index contributed by atoms with van der Waals surface area (Å²) >= 11 is 0. The first-order valence-electron chi connectivity index (χ1n) is 6.67. The molecule has 100 valence electrons. The molecule has 4 heteroatoms. The Hall–Kier alpha value is -3.01. The lowest BCUT2D eigenvalue weighted by Crippen LogP contribution is -1.92. The van der Waals surface area contributed by atoms with Gasteiger partial charge in [0.2, 0.25) is 0 Å². The highest BCUT2D eigenvalue weighted by molar-refractivity contribution is 5.96. The first-order valence-corrected chi connectivity index (χ1v) is 6.67. The van der Waals surface area contributed by atoms with Crippen LogP contribution >= 0.6 is 0 Å². The highest BCUT2D eigenvalue weighted by Crippen LogP contribution is 2.30. The molecule has 4 rings (SSSR count). The van der Waals surface area contributed by atoms with Gasteiger partial charge in [0.25, 0.3) is 0 Å². The lowest BCUT2D eigenvalue weighted by molar-refractivity contribution is 1.29. The van der Waals surface area contributed by atoms with Gasteiger partial charge < -0.3 is 5.73 Å². The van der Waals surface area contributed by atoms with E-state index >= 15 is 0 Å². The second-order valence-electron chi connectivity index (χ2n) is 4.90. The third-order valence-corrected chi connectivity index (χ3v) is 3.51. The van der Waals surface area contributed by atoms with Crippen molar-refractivity contribution in [2.24, 2.45) is 0 Å². The van der Waals surface area contributed by atoms with Gasteiger partial charge >= 0.3 is 0 Å². The van der Waals surface area contributed by atoms with Crippen molar-refractivity contribution in [3.8, 4) is 11.1 Å². The van der Waals surface area contributed by atoms with Gasteiger partial charge in [0.15, 0.2) is 0 Å². The number of nitrogen functional groups attached to an aromatic ring is 1. The second-order valence-corrected chi connectivity index (χ2v) is 4.90. The van der Waals surface area contributed by atoms with Crippen LogP contribution in [-0.2, 0) is 0 Å². The van der Waals surface area contributed by atoms with Crippen molar-refractivity contribution >= 4 is 27.6 Å². The summed E-state index contributed by atoms with van der Waals surface area (Å²) < 4.78 is 0. The fraction of sp³-hybridized carbons (Fsp3) is 0. The summed E-state index contributed by atoms with van der Waals surface area (Å²) in [6.45, 7) is 0. The van der Waals surface area contributed by atoms with E-state index in [-0.39, 0.29) is 0 Å². The zero-order valence-electron chi connectivity index (χ0n) is 11.2. The third kappa shape index (κ3) is 1.97. The summed E-state index contributed by atoms with van der Waals surface area (Å²) in [6, 6.07) is 13.9. The molecule has 4 aromatic rings. The molecule has 21 heavy (non-hydrogen) atoms. The van der Waals surface area contributed by atoms with Gasteiger partial charge in [-0.1, -0.05) is 18.2 Å². The summed E-state index contributed by atoms with van der Waals surface area (Å²) in [5.74, 6) is 0. The molecular weight excluding hydrogens is 260 g/mol. The van der Waals surface area contributed by atoms with E-state index in [1.54, 1.807) is 18.6 Å². The second kappa shape index (κ2) is 4.52. The Morgan fingerprint density at radius 1 is 0.762 bits per heavy atom. The zero-order chi connectivity index (χ0) is 14.2. The third-order valence-electron chi connectivity index (χ3n) is 3.51. The van der Waals surface area contributed by atoms with Gasteiger partial charge in [-0.25, -0.2) is 0 Å². The average Bonchev–Trinajstić information content (AvgIpc) is 2.53. The molecule has 0 aliphatic carbocycles. The lowest BCUT2D eigenvalue weighted by Gasteiger charge is -2.08. The van der Waals surface area contributed by atoms with Crippen LogP contribution in [0.25, 0.3) is 33.1 Å². The Labute approximate surface area is 121 Å². The Morgan fingerprint density at radius 2 is 1.62 bits per heavy atom. The van der Waals surface area contributed by atoms with Crippen LogP contribution in [0.3, 0.4) is 0 Å². The fourth-order valence-corrected chi connectivity index (χ4v) is 2.55. The van der Waals surface area contributed by atoms with Crippen molar-refractivity contribution in [2.45, 2.75) is 0 Å². The van der Waals surface area contributed by atoms with Gasteiger partial charge in [-0.05, 0) is 29.8 Å². The molecule has 0 spiro atoms. The first kappa shape index (κ1) is 11.8. The quantitative estimate of drug-likeness (QED) is 0.539. The molecule has 2 aromatic carbocycles. The predicted molar refractivity (Wildman–Crippen MR) is 84.7 cm³/mol. The molecular formula is C17H12N4. The van der Waals surface area contributed by atoms with Gasteiger partial charge in [-0.15, -0.1) is 0 Å². The number of hydrogen-bond acceptors (Lipinski definition) is 4. The van der Waals surface area contributed by atoms with Crippen LogP contribution in [0.5, 0.6) is 0 Å². The number of aromatic nitrogens is 3. The van der Waals surface area contributed by atoms with E-state index in [2.05, 4.69) is 33.2 Å². The Morgan fingerprint density at radius 3 is 2.57 bits per heavy atom. The summed E-state index contributed by atoms with van der Waals surface area (Å²) in [6.07, 6.45) is 5.16. The number of benzene rings is 2. The van der Waals surface area contributed by atoms with Gasteiger partial charge in [-0.3, -0.25) is 15.0 Å². The average molecular weight is 272 g/mol. The van der Waals surface area contributed by atoms with Gasteiger partial charge in [0.1, 0.15) is 0 Å². The fourth-order valence-electron chi connectivity index (χ4n) is 2.55. The molecule has 0 saturated heterocycles. The van der Waals surface area contributed by atoms with Crippen molar-refractivity contribution < 1.29 is 0 Å². The molecule has 0 radical (unpaired) electrons. The maximum absolute atomic E-state index is 5.99. The van der Waals surface area contributed by atoms with E-state index in [0.29, 0.717) is 5.69 Å². The molecule has 2 N–H and O–H groups in total. The molecule has 2 heterocycles. The van der Waals surface area contributed by atoms with Crippen LogP contribution in [0, 0.1) is 0 Å². The monoisotopic (exact) mass is 272 g/mol. The van der Waals surface area contributed by atoms with Crippen LogP contribution in [-0.4, -0.2) is 15.0 Å². The number of fused-ring (bicyclic) bond motifs is 2. The minimum absolute atomic E-state index is 0.680. The molecule has 2 aromatic heterocycles. The van der Waals surface area contributed by atoms with Crippen molar-refractivity contribution in [3.05, 3.63) is 61.1 Å². The number of pyridine rings is 1. The van der Waals surface area contributed by atoms with Gasteiger partial charge in [-0.2, -0.15) is 0 Å². The first-order chi connectivity index (χ1) is 10.3. The normalized spacial score (nSPS) is 11.0. The van der Waals surface area contributed by atoms with Crippen LogP contribution in [0.4, 0.5) is 5.69 Å². The Balaban J connectivity index is 2.03.